The number of rotatable bonds is 8. The lowest BCUT2D eigenvalue weighted by atomic mass is 10.1. The first kappa shape index (κ1) is 24.5. The van der Waals surface area contributed by atoms with Crippen LogP contribution in [0.25, 0.3) is 0 Å². The van der Waals surface area contributed by atoms with Crippen LogP contribution < -0.4 is 20.5 Å². The number of halogens is 4. The van der Waals surface area contributed by atoms with E-state index in [4.69, 9.17) is 15.2 Å². The molecule has 0 unspecified atom stereocenters. The molecule has 1 heterocycles. The van der Waals surface area contributed by atoms with E-state index < -0.39 is 35.1 Å². The molecule has 0 radical (unpaired) electrons. The predicted octanol–water partition coefficient (Wildman–Crippen LogP) is 4.71. The number of hydrogen-bond donors (Lipinski definition) is 2. The van der Waals surface area contributed by atoms with Crippen molar-refractivity contribution in [3.05, 3.63) is 77.2 Å². The normalized spacial score (nSPS) is 11.1. The molecule has 3 N–H and O–H groups in total. The number of carbonyl (C=O) groups is 2. The minimum atomic E-state index is -4.71. The Kier molecular flexibility index (Phi) is 7.34. The van der Waals surface area contributed by atoms with Crippen molar-refractivity contribution in [2.75, 3.05) is 12.4 Å². The number of nitrogens with zero attached hydrogens (tertiary/aromatic N) is 1. The maximum atomic E-state index is 13.7. The lowest BCUT2D eigenvalue weighted by molar-refractivity contribution is -0.137. The number of aromatic nitrogens is 1. The Balaban J connectivity index is 2.00. The molecule has 7 nitrogen and oxygen atoms in total. The first-order valence-corrected chi connectivity index (χ1v) is 9.84. The fraction of sp³-hybridized carbons (Fsp3) is 0.174. The molecule has 0 aliphatic carbocycles. The van der Waals surface area contributed by atoms with Crippen LogP contribution in [-0.2, 0) is 17.4 Å². The summed E-state index contributed by atoms with van der Waals surface area (Å²) in [5.41, 5.74) is 4.36. The molecular weight excluding hydrogens is 458 g/mol. The fourth-order valence-electron chi connectivity index (χ4n) is 2.99. The van der Waals surface area contributed by atoms with Crippen LogP contribution in [-0.4, -0.2) is 23.9 Å². The summed E-state index contributed by atoms with van der Waals surface area (Å²) in [6, 6.07) is 8.59. The molecule has 0 atom stereocenters. The van der Waals surface area contributed by atoms with Gasteiger partial charge in [0.1, 0.15) is 17.3 Å². The number of pyridine rings is 1. The van der Waals surface area contributed by atoms with Crippen molar-refractivity contribution in [3.63, 3.8) is 0 Å². The number of benzene rings is 2. The molecule has 0 fully saturated rings. The summed E-state index contributed by atoms with van der Waals surface area (Å²) < 4.78 is 64.4. The molecule has 11 heteroatoms. The van der Waals surface area contributed by atoms with E-state index in [2.05, 4.69) is 10.3 Å². The van der Waals surface area contributed by atoms with Gasteiger partial charge < -0.3 is 20.5 Å². The van der Waals surface area contributed by atoms with Gasteiger partial charge in [-0.05, 0) is 54.4 Å². The average molecular weight is 477 g/mol. The first-order chi connectivity index (χ1) is 16.1. The SMILES string of the molecule is COc1cc(NC(=O)c2ccc(C(F)(F)F)cc2Oc2ccc(F)cc2CCC(N)=O)ccn1. The van der Waals surface area contributed by atoms with Gasteiger partial charge in [0, 0.05) is 24.4 Å². The van der Waals surface area contributed by atoms with Gasteiger partial charge in [-0.1, -0.05) is 0 Å². The summed E-state index contributed by atoms with van der Waals surface area (Å²) in [6.45, 7) is 0. The maximum Gasteiger partial charge on any atom is 0.416 e. The van der Waals surface area contributed by atoms with Gasteiger partial charge in [0.25, 0.3) is 5.91 Å². The summed E-state index contributed by atoms with van der Waals surface area (Å²) in [6.07, 6.45) is -3.48. The molecule has 2 aromatic carbocycles. The lowest BCUT2D eigenvalue weighted by Crippen LogP contribution is -2.15. The van der Waals surface area contributed by atoms with Gasteiger partial charge in [-0.3, -0.25) is 9.59 Å². The van der Waals surface area contributed by atoms with Crippen molar-refractivity contribution >= 4 is 17.5 Å². The van der Waals surface area contributed by atoms with Crippen molar-refractivity contribution in [2.24, 2.45) is 5.73 Å². The Hall–Kier alpha value is -4.15. The van der Waals surface area contributed by atoms with Crippen LogP contribution >= 0.6 is 0 Å². The predicted molar refractivity (Wildman–Crippen MR) is 114 cm³/mol. The van der Waals surface area contributed by atoms with E-state index >= 15 is 0 Å². The van der Waals surface area contributed by atoms with Gasteiger partial charge in [-0.25, -0.2) is 9.37 Å². The van der Waals surface area contributed by atoms with Crippen LogP contribution in [0.4, 0.5) is 23.2 Å². The second kappa shape index (κ2) is 10.2. The molecule has 0 saturated heterocycles. The minimum Gasteiger partial charge on any atom is -0.481 e. The Morgan fingerprint density at radius 1 is 1.06 bits per heavy atom. The Morgan fingerprint density at radius 3 is 2.50 bits per heavy atom. The maximum absolute atomic E-state index is 13.7. The fourth-order valence-corrected chi connectivity index (χ4v) is 2.99. The number of nitrogens with one attached hydrogen (secondary N) is 1. The number of amides is 2. The van der Waals surface area contributed by atoms with Crippen LogP contribution in [0.15, 0.2) is 54.7 Å². The van der Waals surface area contributed by atoms with Crippen LogP contribution in [0.5, 0.6) is 17.4 Å². The van der Waals surface area contributed by atoms with Gasteiger partial charge in [0.2, 0.25) is 11.8 Å². The van der Waals surface area contributed by atoms with Crippen molar-refractivity contribution < 1.29 is 36.6 Å². The molecule has 3 rings (SSSR count). The molecule has 0 aliphatic heterocycles. The minimum absolute atomic E-state index is 0.0142. The van der Waals surface area contributed by atoms with Crippen LogP contribution in [0.3, 0.4) is 0 Å². The summed E-state index contributed by atoms with van der Waals surface area (Å²) in [4.78, 5) is 27.9. The molecule has 1 aromatic heterocycles. The number of aryl methyl sites for hydroxylation is 1. The molecule has 0 bridgehead atoms. The zero-order valence-electron chi connectivity index (χ0n) is 17.8. The Bertz CT molecular complexity index is 1220. The van der Waals surface area contributed by atoms with Crippen molar-refractivity contribution in [2.45, 2.75) is 19.0 Å². The average Bonchev–Trinajstić information content (AvgIpc) is 2.78. The van der Waals surface area contributed by atoms with E-state index in [-0.39, 0.29) is 41.3 Å². The quantitative estimate of drug-likeness (QED) is 0.458. The van der Waals surface area contributed by atoms with Gasteiger partial charge in [-0.15, -0.1) is 0 Å². The third kappa shape index (κ3) is 6.21. The smallest absolute Gasteiger partial charge is 0.416 e. The lowest BCUT2D eigenvalue weighted by Gasteiger charge is -2.16. The van der Waals surface area contributed by atoms with Crippen LogP contribution in [0.2, 0.25) is 0 Å². The third-order valence-electron chi connectivity index (χ3n) is 4.64. The summed E-state index contributed by atoms with van der Waals surface area (Å²) in [5, 5.41) is 2.54. The van der Waals surface area contributed by atoms with Gasteiger partial charge in [0.05, 0.1) is 18.2 Å². The number of methoxy groups -OCH3 is 1. The van der Waals surface area contributed by atoms with Crippen LogP contribution in [0, 0.1) is 5.82 Å². The van der Waals surface area contributed by atoms with Crippen molar-refractivity contribution in [1.82, 2.24) is 4.98 Å². The highest BCUT2D eigenvalue weighted by Gasteiger charge is 2.32. The van der Waals surface area contributed by atoms with E-state index in [9.17, 15) is 27.2 Å². The third-order valence-corrected chi connectivity index (χ3v) is 4.64. The van der Waals surface area contributed by atoms with Crippen molar-refractivity contribution in [3.8, 4) is 17.4 Å². The number of ether oxygens (including phenoxy) is 2. The number of alkyl halides is 3. The van der Waals surface area contributed by atoms with Gasteiger partial charge >= 0.3 is 6.18 Å². The summed E-state index contributed by atoms with van der Waals surface area (Å²) >= 11 is 0. The first-order valence-electron chi connectivity index (χ1n) is 9.84. The number of hydrogen-bond acceptors (Lipinski definition) is 5. The standard InChI is InChI=1S/C23H19F4N3O4/c1-33-21-12-16(8-9-29-21)30-22(32)17-5-3-14(23(25,26)27)11-19(17)34-18-6-4-15(24)10-13(18)2-7-20(28)31/h3-6,8-12H,2,7H2,1H3,(H2,28,31)(H,29,30,32). The van der Waals surface area contributed by atoms with Crippen LogP contribution in [0.1, 0.15) is 27.9 Å². The number of carbonyl (C=O) groups excluding carboxylic acids is 2. The molecule has 0 saturated carbocycles. The molecular formula is C23H19F4N3O4. The van der Waals surface area contributed by atoms with E-state index in [0.717, 1.165) is 24.3 Å². The highest BCUT2D eigenvalue weighted by Crippen LogP contribution is 2.36. The second-order valence-electron chi connectivity index (χ2n) is 7.07. The molecule has 0 aliphatic rings. The molecule has 0 spiro atoms. The van der Waals surface area contributed by atoms with E-state index in [0.29, 0.717) is 6.07 Å². The number of nitrogens with two attached hydrogens (primary N) is 1. The highest BCUT2D eigenvalue weighted by molar-refractivity contribution is 6.06. The van der Waals surface area contributed by atoms with E-state index in [1.807, 2.05) is 0 Å². The molecule has 34 heavy (non-hydrogen) atoms. The number of anilines is 1. The molecule has 2 amide bonds. The zero-order chi connectivity index (χ0) is 24.9. The Labute approximate surface area is 191 Å². The Morgan fingerprint density at radius 2 is 1.82 bits per heavy atom. The van der Waals surface area contributed by atoms with Gasteiger partial charge in [0.15, 0.2) is 0 Å². The van der Waals surface area contributed by atoms with Crippen molar-refractivity contribution in [1.29, 1.82) is 0 Å². The van der Waals surface area contributed by atoms with E-state index in [1.54, 1.807) is 0 Å². The summed E-state index contributed by atoms with van der Waals surface area (Å²) in [7, 11) is 1.38. The highest BCUT2D eigenvalue weighted by atomic mass is 19.4. The largest absolute Gasteiger partial charge is 0.481 e. The number of primary amides is 1. The topological polar surface area (TPSA) is 104 Å². The van der Waals surface area contributed by atoms with Gasteiger partial charge in [-0.2, -0.15) is 13.2 Å². The summed E-state index contributed by atoms with van der Waals surface area (Å²) in [5.74, 6) is -2.28. The molecule has 3 aromatic rings. The second-order valence-corrected chi connectivity index (χ2v) is 7.07. The molecule has 178 valence electrons. The van der Waals surface area contributed by atoms with E-state index in [1.165, 1.54) is 31.5 Å². The zero-order valence-corrected chi connectivity index (χ0v) is 17.8. The monoisotopic (exact) mass is 477 g/mol.